The summed E-state index contributed by atoms with van der Waals surface area (Å²) in [7, 11) is 0. The van der Waals surface area contributed by atoms with E-state index in [9.17, 15) is 4.79 Å². The minimum Gasteiger partial charge on any atom is -0.348 e. The maximum atomic E-state index is 12.6. The molecule has 140 valence electrons. The van der Waals surface area contributed by atoms with Crippen LogP contribution in [0.1, 0.15) is 27.0 Å². The summed E-state index contributed by atoms with van der Waals surface area (Å²) in [4.78, 5) is 20.7. The van der Waals surface area contributed by atoms with Crippen molar-refractivity contribution in [3.05, 3.63) is 108 Å². The van der Waals surface area contributed by atoms with E-state index in [1.54, 1.807) is 25.0 Å². The van der Waals surface area contributed by atoms with Gasteiger partial charge in [0.2, 0.25) is 0 Å². The van der Waals surface area contributed by atoms with Crippen LogP contribution in [-0.2, 0) is 19.6 Å². The highest BCUT2D eigenvalue weighted by Gasteiger charge is 2.07. The predicted molar refractivity (Wildman–Crippen MR) is 107 cm³/mol. The summed E-state index contributed by atoms with van der Waals surface area (Å²) in [5.74, 6) is -0.0764. The Labute approximate surface area is 163 Å². The molecule has 6 nitrogen and oxygen atoms in total. The van der Waals surface area contributed by atoms with E-state index in [-0.39, 0.29) is 5.91 Å². The molecule has 0 unspecified atom stereocenters. The van der Waals surface area contributed by atoms with Crippen molar-refractivity contribution in [2.24, 2.45) is 0 Å². The zero-order chi connectivity index (χ0) is 19.2. The van der Waals surface area contributed by atoms with Crippen molar-refractivity contribution in [2.45, 2.75) is 19.6 Å². The zero-order valence-electron chi connectivity index (χ0n) is 15.4. The Hall–Kier alpha value is -3.67. The third-order valence-corrected chi connectivity index (χ3v) is 4.48. The Balaban J connectivity index is 1.38. The van der Waals surface area contributed by atoms with E-state index in [0.29, 0.717) is 18.7 Å². The van der Waals surface area contributed by atoms with Crippen molar-refractivity contribution >= 4 is 5.91 Å². The Morgan fingerprint density at radius 2 is 1.43 bits per heavy atom. The fourth-order valence-corrected chi connectivity index (χ4v) is 3.12. The smallest absolute Gasteiger partial charge is 0.251 e. The summed E-state index contributed by atoms with van der Waals surface area (Å²) in [5, 5.41) is 3.01. The summed E-state index contributed by atoms with van der Waals surface area (Å²) in [6, 6.07) is 15.9. The van der Waals surface area contributed by atoms with E-state index in [4.69, 9.17) is 0 Å². The second kappa shape index (κ2) is 8.35. The molecule has 2 aromatic carbocycles. The molecule has 4 aromatic rings. The van der Waals surface area contributed by atoms with Gasteiger partial charge in [-0.3, -0.25) is 4.79 Å². The first-order valence-corrected chi connectivity index (χ1v) is 9.13. The van der Waals surface area contributed by atoms with Crippen LogP contribution >= 0.6 is 0 Å². The number of benzene rings is 2. The first-order chi connectivity index (χ1) is 13.8. The number of hydrogen-bond acceptors (Lipinski definition) is 3. The monoisotopic (exact) mass is 371 g/mol. The number of nitrogens with one attached hydrogen (secondary N) is 1. The lowest BCUT2D eigenvalue weighted by atomic mass is 10.1. The molecule has 4 rings (SSSR count). The molecular formula is C22H21N5O. The summed E-state index contributed by atoms with van der Waals surface area (Å²) in [6.45, 7) is 1.94. The molecule has 28 heavy (non-hydrogen) atoms. The van der Waals surface area contributed by atoms with Crippen molar-refractivity contribution in [2.75, 3.05) is 0 Å². The van der Waals surface area contributed by atoms with Gasteiger partial charge in [0.25, 0.3) is 5.91 Å². The molecule has 0 aliphatic carbocycles. The molecule has 0 aliphatic rings. The van der Waals surface area contributed by atoms with Crippen molar-refractivity contribution in [1.29, 1.82) is 0 Å². The van der Waals surface area contributed by atoms with Crippen LogP contribution in [0.5, 0.6) is 0 Å². The SMILES string of the molecule is O=C(NCc1cccc(Cn2ccnc2)c1)c1cccc(Cn2ccnc2)c1. The number of carbonyl (C=O) groups excluding carboxylic acids is 1. The summed E-state index contributed by atoms with van der Waals surface area (Å²) in [5.41, 5.74) is 3.97. The van der Waals surface area contributed by atoms with Crippen molar-refractivity contribution < 1.29 is 4.79 Å². The molecular weight excluding hydrogens is 350 g/mol. The van der Waals surface area contributed by atoms with E-state index in [1.165, 1.54) is 5.56 Å². The lowest BCUT2D eigenvalue weighted by Crippen LogP contribution is -2.23. The average molecular weight is 371 g/mol. The fraction of sp³-hybridized carbons (Fsp3) is 0.136. The summed E-state index contributed by atoms with van der Waals surface area (Å²) in [6.07, 6.45) is 10.9. The van der Waals surface area contributed by atoms with Crippen LogP contribution in [0.15, 0.2) is 86.0 Å². The number of imidazole rings is 2. The Morgan fingerprint density at radius 3 is 2.07 bits per heavy atom. The predicted octanol–water partition coefficient (Wildman–Crippen LogP) is 3.11. The van der Waals surface area contributed by atoms with Crippen molar-refractivity contribution in [3.8, 4) is 0 Å². The second-order valence-corrected chi connectivity index (χ2v) is 6.67. The van der Waals surface area contributed by atoms with E-state index < -0.39 is 0 Å². The quantitative estimate of drug-likeness (QED) is 0.543. The average Bonchev–Trinajstić information content (AvgIpc) is 3.41. The molecule has 0 atom stereocenters. The van der Waals surface area contributed by atoms with Crippen LogP contribution in [0.25, 0.3) is 0 Å². The Morgan fingerprint density at radius 1 is 0.821 bits per heavy atom. The maximum Gasteiger partial charge on any atom is 0.251 e. The van der Waals surface area contributed by atoms with Gasteiger partial charge in [-0.1, -0.05) is 36.4 Å². The van der Waals surface area contributed by atoms with Gasteiger partial charge in [0.1, 0.15) is 0 Å². The van der Waals surface area contributed by atoms with E-state index in [2.05, 4.69) is 27.4 Å². The second-order valence-electron chi connectivity index (χ2n) is 6.67. The number of nitrogens with zero attached hydrogens (tertiary/aromatic N) is 4. The van der Waals surface area contributed by atoms with Gasteiger partial charge < -0.3 is 14.5 Å². The molecule has 0 saturated heterocycles. The molecule has 1 amide bonds. The van der Waals surface area contributed by atoms with E-state index in [1.807, 2.05) is 57.9 Å². The fourth-order valence-electron chi connectivity index (χ4n) is 3.12. The van der Waals surface area contributed by atoms with Crippen LogP contribution < -0.4 is 5.32 Å². The normalized spacial score (nSPS) is 10.7. The maximum absolute atomic E-state index is 12.6. The molecule has 0 radical (unpaired) electrons. The third kappa shape index (κ3) is 4.54. The van der Waals surface area contributed by atoms with E-state index >= 15 is 0 Å². The number of rotatable bonds is 7. The van der Waals surface area contributed by atoms with Crippen LogP contribution in [0.4, 0.5) is 0 Å². The Bertz CT molecular complexity index is 1040. The van der Waals surface area contributed by atoms with Gasteiger partial charge in [-0.05, 0) is 28.8 Å². The van der Waals surface area contributed by atoms with Gasteiger partial charge in [0, 0.05) is 50.0 Å². The van der Waals surface area contributed by atoms with Crippen LogP contribution in [-0.4, -0.2) is 25.0 Å². The van der Waals surface area contributed by atoms with Crippen LogP contribution in [0, 0.1) is 0 Å². The molecule has 0 aliphatic heterocycles. The van der Waals surface area contributed by atoms with Gasteiger partial charge in [0.05, 0.1) is 12.7 Å². The summed E-state index contributed by atoms with van der Waals surface area (Å²) < 4.78 is 3.99. The lowest BCUT2D eigenvalue weighted by molar-refractivity contribution is 0.0951. The van der Waals surface area contributed by atoms with Gasteiger partial charge in [0.15, 0.2) is 0 Å². The Kier molecular flexibility index (Phi) is 5.29. The first kappa shape index (κ1) is 17.7. The number of carbonyl (C=O) groups is 1. The molecule has 2 aromatic heterocycles. The zero-order valence-corrected chi connectivity index (χ0v) is 15.4. The lowest BCUT2D eigenvalue weighted by Gasteiger charge is -2.09. The van der Waals surface area contributed by atoms with Crippen molar-refractivity contribution in [3.63, 3.8) is 0 Å². The number of aromatic nitrogens is 4. The highest BCUT2D eigenvalue weighted by molar-refractivity contribution is 5.94. The van der Waals surface area contributed by atoms with E-state index in [0.717, 1.165) is 17.7 Å². The summed E-state index contributed by atoms with van der Waals surface area (Å²) >= 11 is 0. The topological polar surface area (TPSA) is 64.7 Å². The minimum atomic E-state index is -0.0764. The molecule has 6 heteroatoms. The van der Waals surface area contributed by atoms with Crippen LogP contribution in [0.2, 0.25) is 0 Å². The number of hydrogen-bond donors (Lipinski definition) is 1. The van der Waals surface area contributed by atoms with Gasteiger partial charge >= 0.3 is 0 Å². The largest absolute Gasteiger partial charge is 0.348 e. The molecule has 0 fully saturated rings. The van der Waals surface area contributed by atoms with Gasteiger partial charge in [-0.25, -0.2) is 9.97 Å². The minimum absolute atomic E-state index is 0.0764. The van der Waals surface area contributed by atoms with Crippen LogP contribution in [0.3, 0.4) is 0 Å². The van der Waals surface area contributed by atoms with Gasteiger partial charge in [-0.2, -0.15) is 0 Å². The van der Waals surface area contributed by atoms with Gasteiger partial charge in [-0.15, -0.1) is 0 Å². The third-order valence-electron chi connectivity index (χ3n) is 4.48. The molecule has 1 N–H and O–H groups in total. The molecule has 2 heterocycles. The highest BCUT2D eigenvalue weighted by Crippen LogP contribution is 2.10. The molecule has 0 bridgehead atoms. The molecule has 0 spiro atoms. The molecule has 0 saturated carbocycles. The van der Waals surface area contributed by atoms with Crippen molar-refractivity contribution in [1.82, 2.24) is 24.4 Å². The number of amides is 1. The standard InChI is InChI=1S/C22H21N5O/c28-22(21-6-2-5-20(12-21)15-27-10-8-24-17-27)25-13-18-3-1-4-19(11-18)14-26-9-7-23-16-26/h1-12,16-17H,13-15H2,(H,25,28). The highest BCUT2D eigenvalue weighted by atomic mass is 16.1. The first-order valence-electron chi connectivity index (χ1n) is 9.13.